The molecule has 4 N–H and O–H groups in total. The molecule has 6 nitrogen and oxygen atoms in total. The number of likely N-dealkylation sites (N-methyl/N-ethyl adjacent to an activating group) is 1. The number of ether oxygens (including phenoxy) is 1. The van der Waals surface area contributed by atoms with E-state index in [2.05, 4.69) is 10.6 Å². The van der Waals surface area contributed by atoms with Gasteiger partial charge in [0.25, 0.3) is 0 Å². The van der Waals surface area contributed by atoms with E-state index < -0.39 is 11.5 Å². The molecular formula is C11H21N3O3. The molecule has 1 heterocycles. The van der Waals surface area contributed by atoms with Gasteiger partial charge in [-0.15, -0.1) is 0 Å². The van der Waals surface area contributed by atoms with Crippen LogP contribution in [0.4, 0.5) is 0 Å². The second kappa shape index (κ2) is 5.46. The van der Waals surface area contributed by atoms with E-state index in [1.807, 2.05) is 6.92 Å². The average Bonchev–Trinajstić information content (AvgIpc) is 2.61. The van der Waals surface area contributed by atoms with Gasteiger partial charge in [0, 0.05) is 12.6 Å². The van der Waals surface area contributed by atoms with Gasteiger partial charge in [0.2, 0.25) is 11.8 Å². The van der Waals surface area contributed by atoms with Crippen molar-refractivity contribution < 1.29 is 14.3 Å². The molecule has 3 unspecified atom stereocenters. The van der Waals surface area contributed by atoms with Crippen LogP contribution in [0.5, 0.6) is 0 Å². The number of rotatable bonds is 4. The zero-order valence-electron chi connectivity index (χ0n) is 10.6. The van der Waals surface area contributed by atoms with Crippen LogP contribution in [0.25, 0.3) is 0 Å². The maximum Gasteiger partial charge on any atom is 0.242 e. The van der Waals surface area contributed by atoms with Crippen molar-refractivity contribution in [2.75, 3.05) is 19.8 Å². The second-order valence-corrected chi connectivity index (χ2v) is 4.63. The Balaban J connectivity index is 2.57. The molecule has 0 aromatic carbocycles. The van der Waals surface area contributed by atoms with Crippen molar-refractivity contribution in [2.24, 2.45) is 11.1 Å². The molecule has 0 radical (unpaired) electrons. The predicted molar refractivity (Wildman–Crippen MR) is 63.2 cm³/mol. The first kappa shape index (κ1) is 13.9. The maximum absolute atomic E-state index is 12.0. The molecule has 1 aliphatic rings. The topological polar surface area (TPSA) is 93.5 Å². The molecule has 0 spiro atoms. The standard InChI is InChI=1S/C11H21N3O3/c1-4-13-9(15)7(2)14-10(16)11(3)6-17-5-8(11)12/h7-8H,4-6,12H2,1-3H3,(H,13,15)(H,14,16). The average molecular weight is 243 g/mol. The van der Waals surface area contributed by atoms with Gasteiger partial charge in [0.15, 0.2) is 0 Å². The Labute approximate surface area is 101 Å². The van der Waals surface area contributed by atoms with Crippen LogP contribution in [0.1, 0.15) is 20.8 Å². The van der Waals surface area contributed by atoms with Crippen LogP contribution in [0.3, 0.4) is 0 Å². The summed E-state index contributed by atoms with van der Waals surface area (Å²) in [4.78, 5) is 23.5. The van der Waals surface area contributed by atoms with E-state index in [4.69, 9.17) is 10.5 Å². The number of hydrogen-bond acceptors (Lipinski definition) is 4. The van der Waals surface area contributed by atoms with E-state index in [1.54, 1.807) is 13.8 Å². The molecule has 2 amide bonds. The van der Waals surface area contributed by atoms with Crippen molar-refractivity contribution >= 4 is 11.8 Å². The van der Waals surface area contributed by atoms with Crippen molar-refractivity contribution in [3.8, 4) is 0 Å². The van der Waals surface area contributed by atoms with Crippen LogP contribution in [-0.2, 0) is 14.3 Å². The smallest absolute Gasteiger partial charge is 0.242 e. The van der Waals surface area contributed by atoms with Crippen LogP contribution in [-0.4, -0.2) is 43.7 Å². The van der Waals surface area contributed by atoms with Gasteiger partial charge in [0.1, 0.15) is 6.04 Å². The fourth-order valence-electron chi connectivity index (χ4n) is 1.68. The van der Waals surface area contributed by atoms with E-state index in [1.165, 1.54) is 0 Å². The van der Waals surface area contributed by atoms with Crippen molar-refractivity contribution in [2.45, 2.75) is 32.9 Å². The number of carbonyl (C=O) groups excluding carboxylic acids is 2. The van der Waals surface area contributed by atoms with Gasteiger partial charge in [-0.05, 0) is 20.8 Å². The second-order valence-electron chi connectivity index (χ2n) is 4.63. The minimum atomic E-state index is -0.749. The first-order valence-electron chi connectivity index (χ1n) is 5.83. The summed E-state index contributed by atoms with van der Waals surface area (Å²) in [6.07, 6.45) is 0. The molecular weight excluding hydrogens is 222 g/mol. The number of carbonyl (C=O) groups is 2. The SMILES string of the molecule is CCNC(=O)C(C)NC(=O)C1(C)COCC1N. The van der Waals surface area contributed by atoms with Crippen LogP contribution in [0.15, 0.2) is 0 Å². The molecule has 0 aromatic heterocycles. The molecule has 3 atom stereocenters. The van der Waals surface area contributed by atoms with E-state index in [0.717, 1.165) is 0 Å². The molecule has 0 aromatic rings. The molecule has 1 aliphatic heterocycles. The third-order valence-electron chi connectivity index (χ3n) is 3.13. The van der Waals surface area contributed by atoms with E-state index in [9.17, 15) is 9.59 Å². The minimum Gasteiger partial charge on any atom is -0.379 e. The fraction of sp³-hybridized carbons (Fsp3) is 0.818. The highest BCUT2D eigenvalue weighted by molar-refractivity contribution is 5.90. The summed E-state index contributed by atoms with van der Waals surface area (Å²) in [6.45, 7) is 6.44. The Morgan fingerprint density at radius 1 is 1.59 bits per heavy atom. The Morgan fingerprint density at radius 3 is 2.71 bits per heavy atom. The summed E-state index contributed by atoms with van der Waals surface area (Å²) in [6, 6.07) is -0.893. The zero-order chi connectivity index (χ0) is 13.1. The van der Waals surface area contributed by atoms with Crippen molar-refractivity contribution in [1.82, 2.24) is 10.6 Å². The molecule has 1 fully saturated rings. The Bertz CT molecular complexity index is 308. The van der Waals surface area contributed by atoms with Gasteiger partial charge < -0.3 is 21.1 Å². The molecule has 98 valence electrons. The molecule has 0 aliphatic carbocycles. The summed E-state index contributed by atoms with van der Waals surface area (Å²) < 4.78 is 5.20. The van der Waals surface area contributed by atoms with Gasteiger partial charge in [-0.25, -0.2) is 0 Å². The Morgan fingerprint density at radius 2 is 2.24 bits per heavy atom. The molecule has 1 saturated heterocycles. The molecule has 17 heavy (non-hydrogen) atoms. The quantitative estimate of drug-likeness (QED) is 0.590. The van der Waals surface area contributed by atoms with E-state index >= 15 is 0 Å². The number of nitrogens with two attached hydrogens (primary N) is 1. The van der Waals surface area contributed by atoms with Crippen LogP contribution < -0.4 is 16.4 Å². The van der Waals surface area contributed by atoms with Crippen LogP contribution >= 0.6 is 0 Å². The first-order chi connectivity index (χ1) is 7.91. The normalized spacial score (nSPS) is 29.8. The van der Waals surface area contributed by atoms with Gasteiger partial charge in [-0.2, -0.15) is 0 Å². The third-order valence-corrected chi connectivity index (χ3v) is 3.13. The highest BCUT2D eigenvalue weighted by Gasteiger charge is 2.44. The Hall–Kier alpha value is -1.14. The summed E-state index contributed by atoms with van der Waals surface area (Å²) >= 11 is 0. The zero-order valence-corrected chi connectivity index (χ0v) is 10.6. The largest absolute Gasteiger partial charge is 0.379 e. The summed E-state index contributed by atoms with van der Waals surface area (Å²) in [5, 5.41) is 5.32. The fourth-order valence-corrected chi connectivity index (χ4v) is 1.68. The molecule has 6 heteroatoms. The number of amides is 2. The van der Waals surface area contributed by atoms with E-state index in [-0.39, 0.29) is 17.9 Å². The predicted octanol–water partition coefficient (Wildman–Crippen LogP) is -1.01. The lowest BCUT2D eigenvalue weighted by Gasteiger charge is -2.27. The summed E-state index contributed by atoms with van der Waals surface area (Å²) in [5.74, 6) is -0.432. The molecule has 0 bridgehead atoms. The molecule has 1 rings (SSSR count). The number of hydrogen-bond donors (Lipinski definition) is 3. The van der Waals surface area contributed by atoms with Gasteiger partial charge in [0.05, 0.1) is 18.6 Å². The molecule has 0 saturated carbocycles. The van der Waals surface area contributed by atoms with Crippen molar-refractivity contribution in [3.63, 3.8) is 0 Å². The Kier molecular flexibility index (Phi) is 4.47. The van der Waals surface area contributed by atoms with Crippen molar-refractivity contribution in [1.29, 1.82) is 0 Å². The van der Waals surface area contributed by atoms with Crippen LogP contribution in [0.2, 0.25) is 0 Å². The third kappa shape index (κ3) is 2.95. The lowest BCUT2D eigenvalue weighted by molar-refractivity contribution is -0.134. The number of nitrogens with one attached hydrogen (secondary N) is 2. The van der Waals surface area contributed by atoms with Crippen molar-refractivity contribution in [3.05, 3.63) is 0 Å². The van der Waals surface area contributed by atoms with Crippen LogP contribution in [0, 0.1) is 5.41 Å². The highest BCUT2D eigenvalue weighted by atomic mass is 16.5. The lowest BCUT2D eigenvalue weighted by Crippen LogP contribution is -2.54. The lowest BCUT2D eigenvalue weighted by atomic mass is 9.84. The van der Waals surface area contributed by atoms with E-state index in [0.29, 0.717) is 19.8 Å². The van der Waals surface area contributed by atoms with Gasteiger partial charge in [-0.3, -0.25) is 9.59 Å². The van der Waals surface area contributed by atoms with Gasteiger partial charge >= 0.3 is 0 Å². The minimum absolute atomic E-state index is 0.197. The highest BCUT2D eigenvalue weighted by Crippen LogP contribution is 2.27. The maximum atomic E-state index is 12.0. The summed E-state index contributed by atoms with van der Waals surface area (Å²) in [5.41, 5.74) is 5.09. The monoisotopic (exact) mass is 243 g/mol. The summed E-state index contributed by atoms with van der Waals surface area (Å²) in [7, 11) is 0. The van der Waals surface area contributed by atoms with Gasteiger partial charge in [-0.1, -0.05) is 0 Å². The first-order valence-corrected chi connectivity index (χ1v) is 5.83.